The molecular weight excluding hydrogens is 530 g/mol. The van der Waals surface area contributed by atoms with Crippen LogP contribution in [0, 0.1) is 5.41 Å². The molecule has 1 aliphatic heterocycles. The van der Waals surface area contributed by atoms with E-state index < -0.39 is 6.04 Å². The lowest BCUT2D eigenvalue weighted by Crippen LogP contribution is -2.44. The van der Waals surface area contributed by atoms with Crippen LogP contribution < -0.4 is 16.0 Å². The van der Waals surface area contributed by atoms with Crippen LogP contribution in [0.25, 0.3) is 11.1 Å². The summed E-state index contributed by atoms with van der Waals surface area (Å²) in [6.45, 7) is 7.65. The van der Waals surface area contributed by atoms with Crippen molar-refractivity contribution in [3.05, 3.63) is 57.1 Å². The van der Waals surface area contributed by atoms with E-state index in [1.54, 1.807) is 27.0 Å². The Balaban J connectivity index is 1.89. The third kappa shape index (κ3) is 6.49. The molecule has 0 radical (unpaired) electrons. The molecule has 0 saturated carbocycles. The SMILES string of the molecule is C/C=C(/Br)C(=N)C1N=C(Nc2nc3ccccc3o2)NC(C)=C1C(=O)NC(=NC)SC=C(C)CC. The monoisotopic (exact) mass is 557 g/mol. The Bertz CT molecular complexity index is 1260. The number of carbonyl (C=O) groups excluding carboxylic acids is 1. The Labute approximate surface area is 217 Å². The molecule has 3 rings (SSSR count). The highest BCUT2D eigenvalue weighted by molar-refractivity contribution is 9.12. The fourth-order valence-electron chi connectivity index (χ4n) is 3.10. The lowest BCUT2D eigenvalue weighted by molar-refractivity contribution is -0.116. The summed E-state index contributed by atoms with van der Waals surface area (Å²) in [5.74, 6) is -0.0708. The minimum Gasteiger partial charge on any atom is -0.423 e. The molecule has 184 valence electrons. The molecule has 9 nitrogen and oxygen atoms in total. The number of aliphatic imine (C=N–C) groups is 2. The van der Waals surface area contributed by atoms with Crippen molar-refractivity contribution >= 4 is 67.6 Å². The predicted octanol–water partition coefficient (Wildman–Crippen LogP) is 5.31. The molecule has 1 atom stereocenters. The maximum absolute atomic E-state index is 13.3. The molecule has 2 heterocycles. The molecule has 1 unspecified atom stereocenters. The van der Waals surface area contributed by atoms with Gasteiger partial charge in [0.1, 0.15) is 11.6 Å². The van der Waals surface area contributed by atoms with Crippen molar-refractivity contribution in [2.45, 2.75) is 40.2 Å². The summed E-state index contributed by atoms with van der Waals surface area (Å²) in [5.41, 5.74) is 3.51. The summed E-state index contributed by atoms with van der Waals surface area (Å²) in [5, 5.41) is 20.1. The molecule has 1 amide bonds. The fraction of sp³-hybridized carbons (Fsp3) is 0.292. The lowest BCUT2D eigenvalue weighted by atomic mass is 9.98. The van der Waals surface area contributed by atoms with E-state index >= 15 is 0 Å². The number of fused-ring (bicyclic) bond motifs is 1. The van der Waals surface area contributed by atoms with E-state index in [0.29, 0.717) is 38.0 Å². The van der Waals surface area contributed by atoms with Gasteiger partial charge in [0.15, 0.2) is 10.8 Å². The first kappa shape index (κ1) is 26.4. The van der Waals surface area contributed by atoms with Crippen molar-refractivity contribution in [3.8, 4) is 0 Å². The smallest absolute Gasteiger partial charge is 0.302 e. The van der Waals surface area contributed by atoms with Crippen molar-refractivity contribution in [3.63, 3.8) is 0 Å². The van der Waals surface area contributed by atoms with Gasteiger partial charge in [-0.1, -0.05) is 42.5 Å². The van der Waals surface area contributed by atoms with Gasteiger partial charge in [0.05, 0.1) is 11.3 Å². The van der Waals surface area contributed by atoms with Gasteiger partial charge in [-0.3, -0.25) is 15.1 Å². The predicted molar refractivity (Wildman–Crippen MR) is 148 cm³/mol. The van der Waals surface area contributed by atoms with Crippen molar-refractivity contribution in [1.29, 1.82) is 5.41 Å². The lowest BCUT2D eigenvalue weighted by Gasteiger charge is -2.26. The number of benzene rings is 1. The number of nitrogens with zero attached hydrogens (tertiary/aromatic N) is 3. The number of hydrogen-bond donors (Lipinski definition) is 4. The molecule has 4 N–H and O–H groups in total. The van der Waals surface area contributed by atoms with E-state index in [2.05, 4.69) is 53.8 Å². The number of rotatable bonds is 6. The quantitative estimate of drug-likeness (QED) is 0.281. The number of guanidine groups is 1. The van der Waals surface area contributed by atoms with Gasteiger partial charge in [0.25, 0.3) is 5.91 Å². The van der Waals surface area contributed by atoms with Crippen molar-refractivity contribution in [2.24, 2.45) is 9.98 Å². The van der Waals surface area contributed by atoms with Gasteiger partial charge in [-0.2, -0.15) is 4.98 Å². The van der Waals surface area contributed by atoms with Gasteiger partial charge in [-0.05, 0) is 60.7 Å². The summed E-state index contributed by atoms with van der Waals surface area (Å²) in [6.07, 6.45) is 2.65. The highest BCUT2D eigenvalue weighted by Gasteiger charge is 2.32. The van der Waals surface area contributed by atoms with Crippen LogP contribution in [-0.4, -0.2) is 40.8 Å². The zero-order valence-corrected chi connectivity index (χ0v) is 22.6. The summed E-state index contributed by atoms with van der Waals surface area (Å²) in [6, 6.07) is 6.79. The number of anilines is 1. The third-order valence-electron chi connectivity index (χ3n) is 5.14. The van der Waals surface area contributed by atoms with Crippen molar-refractivity contribution in [1.82, 2.24) is 15.6 Å². The van der Waals surface area contributed by atoms with Gasteiger partial charge < -0.3 is 20.5 Å². The Morgan fingerprint density at radius 3 is 2.80 bits per heavy atom. The standard InChI is InChI=1S/C24H28BrN7O2S/c1-6-13(3)12-35-24(27-5)31-21(33)18-14(4)28-22(30-20(18)19(26)15(25)7-2)32-23-29-16-10-8-9-11-17(16)34-23/h7-12,20,26H,6H2,1-5H3,(H,27,31,33)(H2,28,29,30,32)/b13-12?,15-7+,26-19?. The van der Waals surface area contributed by atoms with E-state index in [1.165, 1.54) is 17.3 Å². The summed E-state index contributed by atoms with van der Waals surface area (Å²) < 4.78 is 6.27. The van der Waals surface area contributed by atoms with E-state index in [1.807, 2.05) is 36.6 Å². The average Bonchev–Trinajstić information content (AvgIpc) is 3.26. The van der Waals surface area contributed by atoms with Crippen LogP contribution in [0.4, 0.5) is 6.01 Å². The van der Waals surface area contributed by atoms with Crippen LogP contribution in [0.3, 0.4) is 0 Å². The molecule has 11 heteroatoms. The average molecular weight is 559 g/mol. The van der Waals surface area contributed by atoms with E-state index in [4.69, 9.17) is 9.83 Å². The number of allylic oxidation sites excluding steroid dienone is 3. The van der Waals surface area contributed by atoms with Crippen molar-refractivity contribution < 1.29 is 9.21 Å². The van der Waals surface area contributed by atoms with Gasteiger partial charge in [-0.25, -0.2) is 4.99 Å². The zero-order valence-electron chi connectivity index (χ0n) is 20.2. The second kappa shape index (κ2) is 12.0. The minimum atomic E-state index is -0.871. The van der Waals surface area contributed by atoms with Crippen LogP contribution >= 0.6 is 27.7 Å². The number of hydrogen-bond acceptors (Lipinski definition) is 9. The molecule has 0 fully saturated rings. The molecule has 1 aliphatic rings. The van der Waals surface area contributed by atoms with Gasteiger partial charge in [0.2, 0.25) is 5.96 Å². The maximum Gasteiger partial charge on any atom is 0.302 e. The first-order chi connectivity index (χ1) is 16.8. The number of carbonyl (C=O) groups is 1. The molecule has 1 aromatic heterocycles. The number of para-hydroxylation sites is 2. The molecule has 35 heavy (non-hydrogen) atoms. The molecule has 2 aromatic rings. The van der Waals surface area contributed by atoms with Crippen LogP contribution in [-0.2, 0) is 4.79 Å². The summed E-state index contributed by atoms with van der Waals surface area (Å²) >= 11 is 4.75. The number of aromatic nitrogens is 1. The Morgan fingerprint density at radius 1 is 1.40 bits per heavy atom. The number of oxazole rings is 1. The summed E-state index contributed by atoms with van der Waals surface area (Å²) in [7, 11) is 1.62. The van der Waals surface area contributed by atoms with Gasteiger partial charge in [0, 0.05) is 17.2 Å². The zero-order chi connectivity index (χ0) is 25.5. The highest BCUT2D eigenvalue weighted by atomic mass is 79.9. The Morgan fingerprint density at radius 2 is 2.14 bits per heavy atom. The molecule has 0 aliphatic carbocycles. The fourth-order valence-corrected chi connectivity index (χ4v) is 4.05. The van der Waals surface area contributed by atoms with Crippen LogP contribution in [0.15, 0.2) is 71.5 Å². The van der Waals surface area contributed by atoms with Crippen LogP contribution in [0.1, 0.15) is 34.1 Å². The number of halogens is 1. The third-order valence-corrected chi connectivity index (χ3v) is 7.06. The molecule has 0 bridgehead atoms. The van der Waals surface area contributed by atoms with Gasteiger partial charge in [-0.15, -0.1) is 0 Å². The number of thioether (sulfide) groups is 1. The second-order valence-corrected chi connectivity index (χ2v) is 9.34. The molecule has 0 saturated heterocycles. The normalized spacial score (nSPS) is 17.3. The molecular formula is C24H28BrN7O2S. The van der Waals surface area contributed by atoms with E-state index in [-0.39, 0.29) is 17.6 Å². The first-order valence-corrected chi connectivity index (χ1v) is 12.6. The first-order valence-electron chi connectivity index (χ1n) is 11.0. The summed E-state index contributed by atoms with van der Waals surface area (Å²) in [4.78, 5) is 26.5. The maximum atomic E-state index is 13.3. The second-order valence-electron chi connectivity index (χ2n) is 7.62. The highest BCUT2D eigenvalue weighted by Crippen LogP contribution is 2.24. The Hall–Kier alpha value is -3.18. The number of amidine groups is 1. The topological polar surface area (TPSA) is 128 Å². The molecule has 0 spiro atoms. The van der Waals surface area contributed by atoms with Gasteiger partial charge >= 0.3 is 6.01 Å². The Kier molecular flexibility index (Phi) is 9.05. The number of amides is 1. The van der Waals surface area contributed by atoms with Crippen molar-refractivity contribution in [2.75, 3.05) is 12.4 Å². The molecule has 1 aromatic carbocycles. The van der Waals surface area contributed by atoms with Crippen LogP contribution in [0.2, 0.25) is 0 Å². The van der Waals surface area contributed by atoms with Crippen LogP contribution in [0.5, 0.6) is 0 Å². The van der Waals surface area contributed by atoms with E-state index in [0.717, 1.165) is 6.42 Å². The van der Waals surface area contributed by atoms with E-state index in [9.17, 15) is 4.79 Å². The largest absolute Gasteiger partial charge is 0.423 e. The minimum absolute atomic E-state index is 0.139. The number of nitrogens with one attached hydrogen (secondary N) is 4.